The first kappa shape index (κ1) is 16.3. The highest BCUT2D eigenvalue weighted by molar-refractivity contribution is 7.91. The molecule has 1 aliphatic heterocycles. The van der Waals surface area contributed by atoms with Crippen LogP contribution in [0, 0.1) is 0 Å². The van der Waals surface area contributed by atoms with Crippen LogP contribution in [-0.4, -0.2) is 43.8 Å². The van der Waals surface area contributed by atoms with Gasteiger partial charge in [-0.05, 0) is 26.0 Å². The number of benzene rings is 1. The summed E-state index contributed by atoms with van der Waals surface area (Å²) in [5, 5.41) is 13.2. The van der Waals surface area contributed by atoms with E-state index in [2.05, 4.69) is 12.2 Å². The van der Waals surface area contributed by atoms with Crippen LogP contribution in [0.25, 0.3) is 0 Å². The number of ether oxygens (including phenoxy) is 1. The average molecular weight is 313 g/mol. The maximum atomic E-state index is 11.5. The first-order chi connectivity index (χ1) is 9.93. The normalized spacial score (nSPS) is 25.7. The van der Waals surface area contributed by atoms with E-state index in [1.807, 2.05) is 31.2 Å². The third-order valence-corrected chi connectivity index (χ3v) is 5.32. The quantitative estimate of drug-likeness (QED) is 0.827. The molecule has 1 fully saturated rings. The van der Waals surface area contributed by atoms with Crippen molar-refractivity contribution in [2.75, 3.05) is 18.1 Å². The van der Waals surface area contributed by atoms with Crippen molar-refractivity contribution >= 4 is 9.84 Å². The maximum absolute atomic E-state index is 11.5. The lowest BCUT2D eigenvalue weighted by atomic mass is 10.1. The number of nitrogens with one attached hydrogen (secondary N) is 1. The lowest BCUT2D eigenvalue weighted by Gasteiger charge is -2.21. The number of para-hydroxylation sites is 1. The molecule has 1 aromatic carbocycles. The summed E-state index contributed by atoms with van der Waals surface area (Å²) in [5.41, 5.74) is 0.974. The SMILES string of the molecule is CCCNC(C)c1ccccc1OC1CS(=O)(=O)CC1O. The van der Waals surface area contributed by atoms with E-state index in [0.717, 1.165) is 18.5 Å². The van der Waals surface area contributed by atoms with Gasteiger partial charge in [-0.25, -0.2) is 8.42 Å². The highest BCUT2D eigenvalue weighted by atomic mass is 32.2. The molecule has 0 spiro atoms. The predicted octanol–water partition coefficient (Wildman–Crippen LogP) is 1.28. The van der Waals surface area contributed by atoms with Gasteiger partial charge in [0.2, 0.25) is 0 Å². The molecule has 1 aromatic rings. The summed E-state index contributed by atoms with van der Waals surface area (Å²) in [6.45, 7) is 5.04. The van der Waals surface area contributed by atoms with E-state index < -0.39 is 22.0 Å². The molecule has 5 nitrogen and oxygen atoms in total. The van der Waals surface area contributed by atoms with E-state index in [-0.39, 0.29) is 17.5 Å². The third kappa shape index (κ3) is 4.18. The highest BCUT2D eigenvalue weighted by Crippen LogP contribution is 2.28. The largest absolute Gasteiger partial charge is 0.486 e. The van der Waals surface area contributed by atoms with Crippen LogP contribution < -0.4 is 10.1 Å². The number of sulfone groups is 1. The van der Waals surface area contributed by atoms with Gasteiger partial charge in [-0.1, -0.05) is 25.1 Å². The van der Waals surface area contributed by atoms with E-state index in [9.17, 15) is 13.5 Å². The molecule has 0 radical (unpaired) electrons. The highest BCUT2D eigenvalue weighted by Gasteiger charge is 2.38. The molecule has 1 saturated heterocycles. The van der Waals surface area contributed by atoms with Gasteiger partial charge in [0, 0.05) is 11.6 Å². The van der Waals surface area contributed by atoms with Crippen molar-refractivity contribution < 1.29 is 18.3 Å². The van der Waals surface area contributed by atoms with Crippen LogP contribution in [0.1, 0.15) is 31.9 Å². The molecular formula is C15H23NO4S. The second kappa shape index (κ2) is 6.77. The van der Waals surface area contributed by atoms with Crippen LogP contribution in [0.5, 0.6) is 5.75 Å². The zero-order chi connectivity index (χ0) is 15.5. The van der Waals surface area contributed by atoms with E-state index in [0.29, 0.717) is 5.75 Å². The molecule has 3 unspecified atom stereocenters. The molecule has 2 N–H and O–H groups in total. The van der Waals surface area contributed by atoms with E-state index in [4.69, 9.17) is 4.74 Å². The minimum atomic E-state index is -3.20. The second-order valence-corrected chi connectivity index (χ2v) is 7.67. The van der Waals surface area contributed by atoms with Crippen molar-refractivity contribution in [2.45, 2.75) is 38.5 Å². The summed E-state index contributed by atoms with van der Waals surface area (Å²) >= 11 is 0. The smallest absolute Gasteiger partial charge is 0.156 e. The Hall–Kier alpha value is -1.11. The number of rotatable bonds is 6. The van der Waals surface area contributed by atoms with Gasteiger partial charge in [0.05, 0.1) is 11.5 Å². The molecule has 0 aromatic heterocycles. The summed E-state index contributed by atoms with van der Waals surface area (Å²) in [6, 6.07) is 7.65. The summed E-state index contributed by atoms with van der Waals surface area (Å²) in [5.74, 6) is 0.290. The Morgan fingerprint density at radius 3 is 2.71 bits per heavy atom. The molecule has 118 valence electrons. The molecule has 1 heterocycles. The molecule has 0 saturated carbocycles. The Morgan fingerprint density at radius 2 is 2.10 bits per heavy atom. The molecular weight excluding hydrogens is 290 g/mol. The standard InChI is InChI=1S/C15H23NO4S/c1-3-8-16-11(2)12-6-4-5-7-14(12)20-15-10-21(18,19)9-13(15)17/h4-7,11,13,15-17H,3,8-10H2,1-2H3. The monoisotopic (exact) mass is 313 g/mol. The number of aliphatic hydroxyl groups is 1. The molecule has 0 bridgehead atoms. The Balaban J connectivity index is 2.13. The summed E-state index contributed by atoms with van der Waals surface area (Å²) in [4.78, 5) is 0. The fourth-order valence-corrected chi connectivity index (χ4v) is 4.15. The molecule has 0 amide bonds. The van der Waals surface area contributed by atoms with Crippen molar-refractivity contribution in [3.05, 3.63) is 29.8 Å². The van der Waals surface area contributed by atoms with Crippen molar-refractivity contribution in [1.82, 2.24) is 5.32 Å². The van der Waals surface area contributed by atoms with Crippen LogP contribution in [0.4, 0.5) is 0 Å². The van der Waals surface area contributed by atoms with Gasteiger partial charge >= 0.3 is 0 Å². The van der Waals surface area contributed by atoms with Crippen molar-refractivity contribution in [1.29, 1.82) is 0 Å². The van der Waals surface area contributed by atoms with Crippen molar-refractivity contribution in [3.63, 3.8) is 0 Å². The molecule has 6 heteroatoms. The lowest BCUT2D eigenvalue weighted by Crippen LogP contribution is -2.30. The first-order valence-electron chi connectivity index (χ1n) is 7.30. The average Bonchev–Trinajstić information content (AvgIpc) is 2.69. The Morgan fingerprint density at radius 1 is 1.38 bits per heavy atom. The number of aliphatic hydroxyl groups excluding tert-OH is 1. The van der Waals surface area contributed by atoms with Crippen molar-refractivity contribution in [2.24, 2.45) is 0 Å². The lowest BCUT2D eigenvalue weighted by molar-refractivity contribution is 0.0728. The second-order valence-electron chi connectivity index (χ2n) is 5.51. The van der Waals surface area contributed by atoms with Gasteiger partial charge in [0.1, 0.15) is 18.0 Å². The van der Waals surface area contributed by atoms with Crippen LogP contribution in [0.15, 0.2) is 24.3 Å². The van der Waals surface area contributed by atoms with Crippen LogP contribution in [0.2, 0.25) is 0 Å². The van der Waals surface area contributed by atoms with Crippen LogP contribution in [0.3, 0.4) is 0 Å². The topological polar surface area (TPSA) is 75.6 Å². The predicted molar refractivity (Wildman–Crippen MR) is 82.2 cm³/mol. The zero-order valence-electron chi connectivity index (χ0n) is 12.5. The fourth-order valence-electron chi connectivity index (χ4n) is 2.49. The minimum Gasteiger partial charge on any atom is -0.486 e. The Bertz CT molecular complexity index is 573. The third-order valence-electron chi connectivity index (χ3n) is 3.64. The van der Waals surface area contributed by atoms with Gasteiger partial charge in [-0.2, -0.15) is 0 Å². The van der Waals surface area contributed by atoms with Gasteiger partial charge in [-0.15, -0.1) is 0 Å². The minimum absolute atomic E-state index is 0.108. The van der Waals surface area contributed by atoms with Gasteiger partial charge < -0.3 is 15.2 Å². The van der Waals surface area contributed by atoms with Crippen LogP contribution >= 0.6 is 0 Å². The van der Waals surface area contributed by atoms with Crippen molar-refractivity contribution in [3.8, 4) is 5.75 Å². The molecule has 0 aliphatic carbocycles. The first-order valence-corrected chi connectivity index (χ1v) is 9.12. The summed E-state index contributed by atoms with van der Waals surface area (Å²) in [6.07, 6.45) is -0.607. The number of hydrogen-bond donors (Lipinski definition) is 2. The maximum Gasteiger partial charge on any atom is 0.156 e. The zero-order valence-corrected chi connectivity index (χ0v) is 13.3. The fraction of sp³-hybridized carbons (Fsp3) is 0.600. The summed E-state index contributed by atoms with van der Waals surface area (Å²) in [7, 11) is -3.20. The van der Waals surface area contributed by atoms with E-state index in [1.165, 1.54) is 0 Å². The van der Waals surface area contributed by atoms with Gasteiger partial charge in [0.15, 0.2) is 9.84 Å². The van der Waals surface area contributed by atoms with E-state index in [1.54, 1.807) is 0 Å². The summed E-state index contributed by atoms with van der Waals surface area (Å²) < 4.78 is 28.9. The molecule has 1 aliphatic rings. The molecule has 21 heavy (non-hydrogen) atoms. The van der Waals surface area contributed by atoms with Gasteiger partial charge in [0.25, 0.3) is 0 Å². The number of hydrogen-bond acceptors (Lipinski definition) is 5. The van der Waals surface area contributed by atoms with E-state index >= 15 is 0 Å². The van der Waals surface area contributed by atoms with Gasteiger partial charge in [-0.3, -0.25) is 0 Å². The molecule has 3 atom stereocenters. The Labute approximate surface area is 126 Å². The van der Waals surface area contributed by atoms with Crippen LogP contribution in [-0.2, 0) is 9.84 Å². The molecule has 2 rings (SSSR count). The Kier molecular flexibility index (Phi) is 5.24.